The first-order chi connectivity index (χ1) is 6.70. The maximum Gasteiger partial charge on any atom is 0.0836 e. The van der Waals surface area contributed by atoms with Crippen LogP contribution in [0.4, 0.5) is 0 Å². The molecule has 3 heteroatoms. The second-order valence-electron chi connectivity index (χ2n) is 6.45. The lowest BCUT2D eigenvalue weighted by Crippen LogP contribution is -2.52. The summed E-state index contributed by atoms with van der Waals surface area (Å²) in [7, 11) is 0. The van der Waals surface area contributed by atoms with Gasteiger partial charge < -0.3 is 10.9 Å². The van der Waals surface area contributed by atoms with Gasteiger partial charge in [0.05, 0.1) is 11.3 Å². The molecule has 2 rings (SSSR count). The van der Waals surface area contributed by atoms with Crippen LogP contribution in [-0.4, -0.2) is 16.5 Å². The van der Waals surface area contributed by atoms with Crippen molar-refractivity contribution in [3.8, 4) is 0 Å². The number of nitrogens with two attached hydrogens (primary N) is 1. The normalized spacial score (nSPS) is 48.8. The Morgan fingerprint density at radius 1 is 1.33 bits per heavy atom. The molecule has 0 saturated heterocycles. The molecule has 0 aliphatic heterocycles. The van der Waals surface area contributed by atoms with E-state index in [0.717, 1.165) is 12.1 Å². The van der Waals surface area contributed by atoms with Gasteiger partial charge in [0.1, 0.15) is 0 Å². The van der Waals surface area contributed by atoms with Gasteiger partial charge in [-0.25, -0.2) is 0 Å². The molecule has 2 saturated carbocycles. The smallest absolute Gasteiger partial charge is 0.0836 e. The van der Waals surface area contributed by atoms with Crippen molar-refractivity contribution in [2.24, 2.45) is 33.6 Å². The summed E-state index contributed by atoms with van der Waals surface area (Å²) in [5.41, 5.74) is 6.84. The summed E-state index contributed by atoms with van der Waals surface area (Å²) < 4.78 is 0. The first kappa shape index (κ1) is 10.9. The molecule has 2 aliphatic carbocycles. The lowest BCUT2D eigenvalue weighted by molar-refractivity contribution is 0.240. The van der Waals surface area contributed by atoms with E-state index in [1.807, 2.05) is 0 Å². The maximum absolute atomic E-state index is 9.25. The maximum atomic E-state index is 9.25. The van der Waals surface area contributed by atoms with Gasteiger partial charge in [0.25, 0.3) is 0 Å². The van der Waals surface area contributed by atoms with Gasteiger partial charge in [-0.15, -0.1) is 0 Å². The number of nitrogens with zero attached hydrogens (tertiary/aromatic N) is 1. The standard InChI is InChI=1S/C12H22N2O/c1-7-6-8-11(4,5)12(8,13)9(14-15)10(7,2)3/h7-8,15H,6,13H2,1-5H3. The molecule has 0 amide bonds. The highest BCUT2D eigenvalue weighted by molar-refractivity contribution is 6.02. The molecule has 15 heavy (non-hydrogen) atoms. The average Bonchev–Trinajstić information content (AvgIpc) is 2.50. The molecule has 2 fully saturated rings. The number of rotatable bonds is 0. The number of oxime groups is 1. The lowest BCUT2D eigenvalue weighted by Gasteiger charge is -2.40. The second kappa shape index (κ2) is 2.57. The van der Waals surface area contributed by atoms with Crippen LogP contribution >= 0.6 is 0 Å². The van der Waals surface area contributed by atoms with Crippen LogP contribution < -0.4 is 5.73 Å². The quantitative estimate of drug-likeness (QED) is 0.476. The van der Waals surface area contributed by atoms with Crippen LogP contribution in [0.25, 0.3) is 0 Å². The molecule has 0 heterocycles. The van der Waals surface area contributed by atoms with Crippen LogP contribution in [0, 0.1) is 22.7 Å². The van der Waals surface area contributed by atoms with Crippen molar-refractivity contribution < 1.29 is 5.21 Å². The largest absolute Gasteiger partial charge is 0.411 e. The minimum absolute atomic E-state index is 0.0800. The zero-order chi connectivity index (χ0) is 11.6. The fourth-order valence-corrected chi connectivity index (χ4v) is 3.48. The molecule has 0 bridgehead atoms. The molecule has 0 aromatic carbocycles. The Balaban J connectivity index is 2.48. The van der Waals surface area contributed by atoms with E-state index < -0.39 is 0 Å². The van der Waals surface area contributed by atoms with Crippen molar-refractivity contribution in [1.82, 2.24) is 0 Å². The Morgan fingerprint density at radius 2 is 1.87 bits per heavy atom. The molecule has 3 atom stereocenters. The van der Waals surface area contributed by atoms with Crippen molar-refractivity contribution in [2.45, 2.75) is 46.6 Å². The minimum atomic E-state index is -0.377. The van der Waals surface area contributed by atoms with E-state index in [-0.39, 0.29) is 16.4 Å². The Labute approximate surface area is 91.7 Å². The summed E-state index contributed by atoms with van der Waals surface area (Å²) in [6.45, 7) is 10.8. The summed E-state index contributed by atoms with van der Waals surface area (Å²) in [6, 6.07) is 0. The summed E-state index contributed by atoms with van der Waals surface area (Å²) in [5.74, 6) is 0.991. The van der Waals surface area contributed by atoms with Gasteiger partial charge >= 0.3 is 0 Å². The molecule has 2 aliphatic rings. The van der Waals surface area contributed by atoms with Gasteiger partial charge in [-0.3, -0.25) is 0 Å². The predicted molar refractivity (Wildman–Crippen MR) is 61.0 cm³/mol. The van der Waals surface area contributed by atoms with E-state index >= 15 is 0 Å². The predicted octanol–water partition coefficient (Wildman–Crippen LogP) is 2.24. The van der Waals surface area contributed by atoms with Crippen LogP contribution in [0.15, 0.2) is 5.16 Å². The van der Waals surface area contributed by atoms with Crippen molar-refractivity contribution >= 4 is 5.71 Å². The molecule has 0 radical (unpaired) electrons. The summed E-state index contributed by atoms with van der Waals surface area (Å²) in [4.78, 5) is 0. The van der Waals surface area contributed by atoms with E-state index in [1.54, 1.807) is 0 Å². The number of fused-ring (bicyclic) bond motifs is 1. The summed E-state index contributed by atoms with van der Waals surface area (Å²) >= 11 is 0. The van der Waals surface area contributed by atoms with Gasteiger partial charge in [0.2, 0.25) is 0 Å². The van der Waals surface area contributed by atoms with E-state index in [9.17, 15) is 5.21 Å². The highest BCUT2D eigenvalue weighted by Crippen LogP contribution is 2.69. The van der Waals surface area contributed by atoms with Crippen LogP contribution in [0.5, 0.6) is 0 Å². The van der Waals surface area contributed by atoms with Crippen molar-refractivity contribution in [1.29, 1.82) is 0 Å². The van der Waals surface area contributed by atoms with E-state index in [0.29, 0.717) is 11.8 Å². The SMILES string of the molecule is CC1CC2C(C)(C)C2(N)C(=NO)C1(C)C. The molecule has 3 N–H and O–H groups in total. The Morgan fingerprint density at radius 3 is 2.33 bits per heavy atom. The fraction of sp³-hybridized carbons (Fsp3) is 0.917. The monoisotopic (exact) mass is 210 g/mol. The molecule has 0 aromatic rings. The van der Waals surface area contributed by atoms with Gasteiger partial charge in [-0.05, 0) is 23.7 Å². The third-order valence-corrected chi connectivity index (χ3v) is 5.33. The molecule has 0 aromatic heterocycles. The molecule has 86 valence electrons. The number of hydrogen-bond donors (Lipinski definition) is 2. The lowest BCUT2D eigenvalue weighted by atomic mass is 9.66. The second-order valence-corrected chi connectivity index (χ2v) is 6.45. The van der Waals surface area contributed by atoms with Gasteiger partial charge in [-0.2, -0.15) is 0 Å². The van der Waals surface area contributed by atoms with Crippen LogP contribution in [0.2, 0.25) is 0 Å². The van der Waals surface area contributed by atoms with Crippen molar-refractivity contribution in [3.63, 3.8) is 0 Å². The number of hydrogen-bond acceptors (Lipinski definition) is 3. The van der Waals surface area contributed by atoms with Crippen molar-refractivity contribution in [3.05, 3.63) is 0 Å². The third kappa shape index (κ3) is 0.975. The Hall–Kier alpha value is -0.570. The van der Waals surface area contributed by atoms with E-state index in [2.05, 4.69) is 39.8 Å². The van der Waals surface area contributed by atoms with Crippen LogP contribution in [0.3, 0.4) is 0 Å². The van der Waals surface area contributed by atoms with Crippen LogP contribution in [-0.2, 0) is 0 Å². The third-order valence-electron chi connectivity index (χ3n) is 5.33. The minimum Gasteiger partial charge on any atom is -0.411 e. The average molecular weight is 210 g/mol. The zero-order valence-corrected chi connectivity index (χ0v) is 10.3. The fourth-order valence-electron chi connectivity index (χ4n) is 3.48. The highest BCUT2D eigenvalue weighted by atomic mass is 16.4. The molecule has 0 spiro atoms. The summed E-state index contributed by atoms with van der Waals surface area (Å²) in [5, 5.41) is 12.8. The highest BCUT2D eigenvalue weighted by Gasteiger charge is 2.76. The van der Waals surface area contributed by atoms with Gasteiger partial charge in [0.15, 0.2) is 0 Å². The first-order valence-electron chi connectivity index (χ1n) is 5.72. The van der Waals surface area contributed by atoms with E-state index in [1.165, 1.54) is 0 Å². The Bertz CT molecular complexity index is 333. The molecular formula is C12H22N2O. The first-order valence-corrected chi connectivity index (χ1v) is 5.72. The van der Waals surface area contributed by atoms with Gasteiger partial charge in [-0.1, -0.05) is 39.8 Å². The van der Waals surface area contributed by atoms with Gasteiger partial charge in [0, 0.05) is 5.41 Å². The molecular weight excluding hydrogens is 188 g/mol. The molecule has 3 unspecified atom stereocenters. The van der Waals surface area contributed by atoms with Crippen molar-refractivity contribution in [2.75, 3.05) is 0 Å². The zero-order valence-electron chi connectivity index (χ0n) is 10.3. The van der Waals surface area contributed by atoms with E-state index in [4.69, 9.17) is 5.73 Å². The topological polar surface area (TPSA) is 58.6 Å². The molecule has 3 nitrogen and oxygen atoms in total. The Kier molecular flexibility index (Phi) is 1.87. The summed E-state index contributed by atoms with van der Waals surface area (Å²) in [6.07, 6.45) is 1.13. The van der Waals surface area contributed by atoms with Crippen LogP contribution in [0.1, 0.15) is 41.0 Å².